The third kappa shape index (κ3) is 2.26. The van der Waals surface area contributed by atoms with Crippen molar-refractivity contribution >= 4 is 22.8 Å². The van der Waals surface area contributed by atoms with Crippen LogP contribution in [-0.2, 0) is 4.79 Å². The van der Waals surface area contributed by atoms with Gasteiger partial charge in [0.25, 0.3) is 5.91 Å². The van der Waals surface area contributed by atoms with Gasteiger partial charge in [0.1, 0.15) is 0 Å². The second kappa shape index (κ2) is 4.87. The Labute approximate surface area is 121 Å². The van der Waals surface area contributed by atoms with E-state index in [0.717, 1.165) is 10.9 Å². The average Bonchev–Trinajstić information content (AvgIpc) is 2.90. The number of aromatic amines is 1. The molecule has 21 heavy (non-hydrogen) atoms. The number of hydrogen-bond donors (Lipinski definition) is 2. The summed E-state index contributed by atoms with van der Waals surface area (Å²) in [4.78, 5) is 25.6. The first-order valence-corrected chi connectivity index (χ1v) is 6.97. The average molecular weight is 287 g/mol. The third-order valence-electron chi connectivity index (χ3n) is 4.17. The van der Waals surface area contributed by atoms with E-state index in [9.17, 15) is 14.7 Å². The van der Waals surface area contributed by atoms with Gasteiger partial charge < -0.3 is 10.0 Å². The summed E-state index contributed by atoms with van der Waals surface area (Å²) in [7, 11) is 0. The van der Waals surface area contributed by atoms with Gasteiger partial charge in [-0.25, -0.2) is 0 Å². The van der Waals surface area contributed by atoms with Crippen LogP contribution in [-0.4, -0.2) is 45.2 Å². The number of nitrogens with one attached hydrogen (secondary N) is 1. The number of carbonyl (C=O) groups is 2. The van der Waals surface area contributed by atoms with Crippen LogP contribution in [0.1, 0.15) is 30.3 Å². The van der Waals surface area contributed by atoms with Crippen molar-refractivity contribution in [1.82, 2.24) is 15.1 Å². The predicted octanol–water partition coefficient (Wildman–Crippen LogP) is 1.89. The second-order valence-electron chi connectivity index (χ2n) is 5.81. The molecule has 2 aromatic rings. The molecule has 1 aromatic carbocycles. The van der Waals surface area contributed by atoms with Crippen LogP contribution in [0.2, 0.25) is 0 Å². The molecule has 0 spiro atoms. The molecule has 6 nitrogen and oxygen atoms in total. The van der Waals surface area contributed by atoms with Gasteiger partial charge in [0.2, 0.25) is 0 Å². The zero-order valence-electron chi connectivity index (χ0n) is 11.8. The number of nitrogens with zero attached hydrogens (tertiary/aromatic N) is 2. The number of hydrogen-bond acceptors (Lipinski definition) is 3. The minimum Gasteiger partial charge on any atom is -0.481 e. The lowest BCUT2D eigenvalue weighted by atomic mass is 9.82. The summed E-state index contributed by atoms with van der Waals surface area (Å²) in [5.74, 6) is -1.06. The fraction of sp³-hybridized carbons (Fsp3) is 0.400. The van der Waals surface area contributed by atoms with Gasteiger partial charge in [-0.15, -0.1) is 0 Å². The number of piperidine rings is 1. The number of amides is 1. The van der Waals surface area contributed by atoms with E-state index in [4.69, 9.17) is 0 Å². The molecule has 6 heteroatoms. The van der Waals surface area contributed by atoms with E-state index < -0.39 is 11.4 Å². The molecule has 2 N–H and O–H groups in total. The van der Waals surface area contributed by atoms with Crippen LogP contribution in [0.3, 0.4) is 0 Å². The SMILES string of the molecule is CC1(C(=O)O)CCCN(C(=O)c2n[nH]c3ccccc23)C1. The Morgan fingerprint density at radius 2 is 2.14 bits per heavy atom. The van der Waals surface area contributed by atoms with Crippen LogP contribution in [0.4, 0.5) is 0 Å². The quantitative estimate of drug-likeness (QED) is 0.883. The highest BCUT2D eigenvalue weighted by atomic mass is 16.4. The zero-order chi connectivity index (χ0) is 15.0. The van der Waals surface area contributed by atoms with Crippen LogP contribution in [0, 0.1) is 5.41 Å². The number of carbonyl (C=O) groups excluding carboxylic acids is 1. The Morgan fingerprint density at radius 3 is 2.90 bits per heavy atom. The van der Waals surface area contributed by atoms with Gasteiger partial charge in [-0.1, -0.05) is 18.2 Å². The Kier molecular flexibility index (Phi) is 3.16. The number of rotatable bonds is 2. The Hall–Kier alpha value is -2.37. The van der Waals surface area contributed by atoms with Crippen molar-refractivity contribution in [2.24, 2.45) is 5.41 Å². The number of carboxylic acids is 1. The first kappa shape index (κ1) is 13.6. The van der Waals surface area contributed by atoms with Gasteiger partial charge >= 0.3 is 5.97 Å². The molecule has 1 atom stereocenters. The monoisotopic (exact) mass is 287 g/mol. The number of aliphatic carboxylic acids is 1. The maximum Gasteiger partial charge on any atom is 0.311 e. The van der Waals surface area contributed by atoms with Crippen molar-refractivity contribution in [3.63, 3.8) is 0 Å². The fourth-order valence-corrected chi connectivity index (χ4v) is 2.86. The number of H-pyrrole nitrogens is 1. The van der Waals surface area contributed by atoms with E-state index in [1.807, 2.05) is 24.3 Å². The minimum absolute atomic E-state index is 0.209. The Morgan fingerprint density at radius 1 is 1.38 bits per heavy atom. The molecule has 1 aromatic heterocycles. The third-order valence-corrected chi connectivity index (χ3v) is 4.17. The first-order chi connectivity index (χ1) is 10.0. The molecule has 1 aliphatic rings. The van der Waals surface area contributed by atoms with Crippen molar-refractivity contribution < 1.29 is 14.7 Å². The highest BCUT2D eigenvalue weighted by molar-refractivity contribution is 6.04. The van der Waals surface area contributed by atoms with E-state index in [1.165, 1.54) is 0 Å². The lowest BCUT2D eigenvalue weighted by Gasteiger charge is -2.37. The number of para-hydroxylation sites is 1. The van der Waals surface area contributed by atoms with Crippen molar-refractivity contribution in [3.05, 3.63) is 30.0 Å². The first-order valence-electron chi connectivity index (χ1n) is 6.97. The molecule has 0 saturated carbocycles. The van der Waals surface area contributed by atoms with Crippen LogP contribution >= 0.6 is 0 Å². The van der Waals surface area contributed by atoms with Crippen LogP contribution in [0.5, 0.6) is 0 Å². The second-order valence-corrected chi connectivity index (χ2v) is 5.81. The molecular weight excluding hydrogens is 270 g/mol. The molecule has 1 aliphatic heterocycles. The van der Waals surface area contributed by atoms with E-state index in [1.54, 1.807) is 11.8 Å². The summed E-state index contributed by atoms with van der Waals surface area (Å²) in [6, 6.07) is 7.42. The predicted molar refractivity (Wildman–Crippen MR) is 77.0 cm³/mol. The summed E-state index contributed by atoms with van der Waals surface area (Å²) in [6.07, 6.45) is 1.28. The van der Waals surface area contributed by atoms with Gasteiger partial charge in [-0.05, 0) is 25.8 Å². The maximum atomic E-state index is 12.6. The summed E-state index contributed by atoms with van der Waals surface area (Å²) < 4.78 is 0. The molecule has 1 amide bonds. The number of aromatic nitrogens is 2. The molecule has 1 fully saturated rings. The van der Waals surface area contributed by atoms with Crippen molar-refractivity contribution in [2.45, 2.75) is 19.8 Å². The topological polar surface area (TPSA) is 86.3 Å². The molecule has 0 aliphatic carbocycles. The summed E-state index contributed by atoms with van der Waals surface area (Å²) in [6.45, 7) is 2.49. The fourth-order valence-electron chi connectivity index (χ4n) is 2.86. The van der Waals surface area contributed by atoms with Gasteiger partial charge in [0, 0.05) is 18.5 Å². The summed E-state index contributed by atoms with van der Waals surface area (Å²) in [5, 5.41) is 17.0. The van der Waals surface area contributed by atoms with Crippen LogP contribution in [0.25, 0.3) is 10.9 Å². The highest BCUT2D eigenvalue weighted by Gasteiger charge is 2.40. The van der Waals surface area contributed by atoms with E-state index in [-0.39, 0.29) is 12.5 Å². The standard InChI is InChI=1S/C15H17N3O3/c1-15(14(20)21)7-4-8-18(9-15)13(19)12-10-5-2-3-6-11(10)16-17-12/h2-3,5-6H,4,7-9H2,1H3,(H,16,17)(H,20,21). The van der Waals surface area contributed by atoms with Crippen molar-refractivity contribution in [1.29, 1.82) is 0 Å². The maximum absolute atomic E-state index is 12.6. The van der Waals surface area contributed by atoms with Crippen molar-refractivity contribution in [3.8, 4) is 0 Å². The van der Waals surface area contributed by atoms with Gasteiger partial charge in [-0.2, -0.15) is 5.10 Å². The molecule has 3 rings (SSSR count). The normalized spacial score (nSPS) is 22.4. The molecule has 2 heterocycles. The molecule has 110 valence electrons. The summed E-state index contributed by atoms with van der Waals surface area (Å²) in [5.41, 5.74) is 0.291. The Balaban J connectivity index is 1.90. The lowest BCUT2D eigenvalue weighted by molar-refractivity contribution is -0.150. The molecular formula is C15H17N3O3. The molecule has 0 radical (unpaired) electrons. The van der Waals surface area contributed by atoms with Crippen LogP contribution < -0.4 is 0 Å². The van der Waals surface area contributed by atoms with Gasteiger partial charge in [0.05, 0.1) is 10.9 Å². The van der Waals surface area contributed by atoms with E-state index >= 15 is 0 Å². The van der Waals surface area contributed by atoms with Crippen molar-refractivity contribution in [2.75, 3.05) is 13.1 Å². The van der Waals surface area contributed by atoms with E-state index in [2.05, 4.69) is 10.2 Å². The molecule has 1 unspecified atom stereocenters. The van der Waals surface area contributed by atoms with Gasteiger partial charge in [0.15, 0.2) is 5.69 Å². The van der Waals surface area contributed by atoms with Gasteiger partial charge in [-0.3, -0.25) is 14.7 Å². The lowest BCUT2D eigenvalue weighted by Crippen LogP contribution is -2.48. The Bertz CT molecular complexity index is 709. The summed E-state index contributed by atoms with van der Waals surface area (Å²) >= 11 is 0. The number of likely N-dealkylation sites (tertiary alicyclic amines) is 1. The smallest absolute Gasteiger partial charge is 0.311 e. The zero-order valence-corrected chi connectivity index (χ0v) is 11.8. The largest absolute Gasteiger partial charge is 0.481 e. The van der Waals surface area contributed by atoms with E-state index in [0.29, 0.717) is 25.1 Å². The number of fused-ring (bicyclic) bond motifs is 1. The number of carboxylic acid groups (broad SMARTS) is 1. The number of benzene rings is 1. The molecule has 0 bridgehead atoms. The molecule has 1 saturated heterocycles. The minimum atomic E-state index is -0.875. The highest BCUT2D eigenvalue weighted by Crippen LogP contribution is 2.31. The van der Waals surface area contributed by atoms with Crippen LogP contribution in [0.15, 0.2) is 24.3 Å².